The van der Waals surface area contributed by atoms with Crippen molar-refractivity contribution in [1.29, 1.82) is 0 Å². The monoisotopic (exact) mass is 533 g/mol. The van der Waals surface area contributed by atoms with Gasteiger partial charge in [-0.05, 0) is 63.8 Å². The van der Waals surface area contributed by atoms with Crippen molar-refractivity contribution in [2.45, 2.75) is 77.9 Å². The quantitative estimate of drug-likeness (QED) is 0.262. The number of nitrogens with one attached hydrogen (secondary N) is 3. The summed E-state index contributed by atoms with van der Waals surface area (Å²) in [5.74, 6) is -2.16. The summed E-state index contributed by atoms with van der Waals surface area (Å²) in [7, 11) is 0. The van der Waals surface area contributed by atoms with Gasteiger partial charge in [0.2, 0.25) is 11.8 Å². The SMILES string of the molecule is C[C@H](NC(=O)[C@@H](CC(=O)CCc1ccccc1)CC(=O)NOC(C)(C)C)C(=O)CCc1cccc2[nH]ccc12. The fourth-order valence-electron chi connectivity index (χ4n) is 4.29. The first-order valence-electron chi connectivity index (χ1n) is 13.4. The molecule has 39 heavy (non-hydrogen) atoms. The molecule has 1 aromatic heterocycles. The van der Waals surface area contributed by atoms with Gasteiger partial charge in [-0.1, -0.05) is 42.5 Å². The summed E-state index contributed by atoms with van der Waals surface area (Å²) in [5, 5.41) is 3.81. The maximum atomic E-state index is 13.2. The van der Waals surface area contributed by atoms with Crippen molar-refractivity contribution in [3.05, 3.63) is 71.9 Å². The second kappa shape index (κ2) is 13.8. The van der Waals surface area contributed by atoms with Gasteiger partial charge >= 0.3 is 0 Å². The average Bonchev–Trinajstić information content (AvgIpc) is 3.39. The van der Waals surface area contributed by atoms with Crippen molar-refractivity contribution in [2.24, 2.45) is 5.92 Å². The molecule has 1 heterocycles. The number of aryl methyl sites for hydroxylation is 2. The van der Waals surface area contributed by atoms with Gasteiger partial charge in [0.1, 0.15) is 5.78 Å². The lowest BCUT2D eigenvalue weighted by Crippen LogP contribution is -2.44. The lowest BCUT2D eigenvalue weighted by Gasteiger charge is -2.22. The molecule has 2 aromatic carbocycles. The summed E-state index contributed by atoms with van der Waals surface area (Å²) >= 11 is 0. The first-order chi connectivity index (χ1) is 18.5. The molecule has 0 bridgehead atoms. The number of amides is 2. The zero-order valence-corrected chi connectivity index (χ0v) is 23.2. The summed E-state index contributed by atoms with van der Waals surface area (Å²) in [6.07, 6.45) is 3.15. The van der Waals surface area contributed by atoms with Crippen molar-refractivity contribution in [3.8, 4) is 0 Å². The normalized spacial score (nSPS) is 13.0. The molecule has 3 rings (SSSR count). The lowest BCUT2D eigenvalue weighted by molar-refractivity contribution is -0.148. The summed E-state index contributed by atoms with van der Waals surface area (Å²) in [6.45, 7) is 6.99. The Kier molecular flexibility index (Phi) is 10.6. The molecule has 0 saturated heterocycles. The van der Waals surface area contributed by atoms with Crippen LogP contribution in [0.1, 0.15) is 64.5 Å². The highest BCUT2D eigenvalue weighted by atomic mass is 16.7. The summed E-state index contributed by atoms with van der Waals surface area (Å²) in [4.78, 5) is 59.9. The first-order valence-corrected chi connectivity index (χ1v) is 13.4. The lowest BCUT2D eigenvalue weighted by atomic mass is 9.94. The molecular formula is C31H39N3O5. The number of ketones is 2. The molecule has 3 aromatic rings. The minimum atomic E-state index is -0.916. The number of benzene rings is 2. The average molecular weight is 534 g/mol. The van der Waals surface area contributed by atoms with Gasteiger partial charge in [-0.2, -0.15) is 0 Å². The Morgan fingerprint density at radius 1 is 0.897 bits per heavy atom. The molecule has 3 N–H and O–H groups in total. The van der Waals surface area contributed by atoms with Crippen molar-refractivity contribution in [3.63, 3.8) is 0 Å². The maximum absolute atomic E-state index is 13.2. The van der Waals surface area contributed by atoms with E-state index in [2.05, 4.69) is 15.8 Å². The zero-order chi connectivity index (χ0) is 28.4. The fraction of sp³-hybridized carbons (Fsp3) is 0.419. The number of rotatable bonds is 14. The van der Waals surface area contributed by atoms with Gasteiger partial charge in [0.15, 0.2) is 5.78 Å². The zero-order valence-electron chi connectivity index (χ0n) is 23.2. The van der Waals surface area contributed by atoms with Crippen LogP contribution < -0.4 is 10.8 Å². The number of carbonyl (C=O) groups is 4. The molecule has 2 amide bonds. The van der Waals surface area contributed by atoms with Crippen LogP contribution in [-0.4, -0.2) is 40.0 Å². The van der Waals surface area contributed by atoms with E-state index in [1.54, 1.807) is 27.7 Å². The Bertz CT molecular complexity index is 1280. The fourth-order valence-corrected chi connectivity index (χ4v) is 4.29. The Hall–Kier alpha value is -3.78. The molecule has 2 atom stereocenters. The Labute approximate surface area is 229 Å². The molecule has 0 unspecified atom stereocenters. The van der Waals surface area contributed by atoms with E-state index >= 15 is 0 Å². The Morgan fingerprint density at radius 2 is 1.64 bits per heavy atom. The second-order valence-corrected chi connectivity index (χ2v) is 10.9. The van der Waals surface area contributed by atoms with Crippen LogP contribution in [-0.2, 0) is 36.9 Å². The molecule has 0 spiro atoms. The van der Waals surface area contributed by atoms with Gasteiger partial charge in [0.05, 0.1) is 17.6 Å². The van der Waals surface area contributed by atoms with Crippen LogP contribution in [0.2, 0.25) is 0 Å². The smallest absolute Gasteiger partial charge is 0.244 e. The van der Waals surface area contributed by atoms with Gasteiger partial charge < -0.3 is 10.3 Å². The third-order valence-electron chi connectivity index (χ3n) is 6.45. The second-order valence-electron chi connectivity index (χ2n) is 10.9. The van der Waals surface area contributed by atoms with Crippen molar-refractivity contribution < 1.29 is 24.0 Å². The highest BCUT2D eigenvalue weighted by Crippen LogP contribution is 2.19. The molecule has 8 heteroatoms. The highest BCUT2D eigenvalue weighted by Gasteiger charge is 2.28. The maximum Gasteiger partial charge on any atom is 0.244 e. The topological polar surface area (TPSA) is 117 Å². The molecular weight excluding hydrogens is 494 g/mol. The summed E-state index contributed by atoms with van der Waals surface area (Å²) in [6, 6.07) is 16.8. The molecule has 0 radical (unpaired) electrons. The van der Waals surface area contributed by atoms with Crippen LogP contribution in [0, 0.1) is 5.92 Å². The van der Waals surface area contributed by atoms with Crippen LogP contribution in [0.3, 0.4) is 0 Å². The predicted octanol–water partition coefficient (Wildman–Crippen LogP) is 4.62. The summed E-state index contributed by atoms with van der Waals surface area (Å²) < 4.78 is 0. The standard InChI is InChI=1S/C31H39N3O5/c1-21(28(36)16-14-23-11-8-12-27-26(23)17-18-32-27)33-30(38)24(20-29(37)34-39-31(2,3)4)19-25(35)15-13-22-9-6-5-7-10-22/h5-12,17-18,21,24,32H,13-16,19-20H2,1-4H3,(H,33,38)(H,34,37)/t21-,24-/m0/s1. The number of hydrogen-bond acceptors (Lipinski definition) is 5. The summed E-state index contributed by atoms with van der Waals surface area (Å²) in [5.41, 5.74) is 4.85. The molecule has 0 saturated carbocycles. The van der Waals surface area contributed by atoms with E-state index in [9.17, 15) is 19.2 Å². The van der Waals surface area contributed by atoms with Gasteiger partial charge in [-0.15, -0.1) is 0 Å². The van der Waals surface area contributed by atoms with Gasteiger partial charge in [-0.3, -0.25) is 24.0 Å². The highest BCUT2D eigenvalue weighted by molar-refractivity contribution is 5.94. The largest absolute Gasteiger partial charge is 0.361 e. The van der Waals surface area contributed by atoms with Crippen molar-refractivity contribution in [2.75, 3.05) is 0 Å². The van der Waals surface area contributed by atoms with Crippen LogP contribution in [0.5, 0.6) is 0 Å². The number of carbonyl (C=O) groups excluding carboxylic acids is 4. The molecule has 0 aliphatic carbocycles. The number of hydroxylamine groups is 1. The van der Waals surface area contributed by atoms with Crippen molar-refractivity contribution in [1.82, 2.24) is 15.8 Å². The van der Waals surface area contributed by atoms with Gasteiger partial charge in [0.25, 0.3) is 0 Å². The van der Waals surface area contributed by atoms with E-state index in [0.29, 0.717) is 12.8 Å². The minimum absolute atomic E-state index is 0.0992. The van der Waals surface area contributed by atoms with Crippen LogP contribution in [0.15, 0.2) is 60.8 Å². The molecule has 0 aliphatic heterocycles. The molecule has 8 nitrogen and oxygen atoms in total. The number of Topliss-reactive ketones (excluding diaryl/α,β-unsaturated/α-hetero) is 2. The Balaban J connectivity index is 1.59. The third kappa shape index (κ3) is 9.80. The van der Waals surface area contributed by atoms with E-state index in [4.69, 9.17) is 4.84 Å². The number of aromatic nitrogens is 1. The number of aromatic amines is 1. The van der Waals surface area contributed by atoms with E-state index in [-0.39, 0.29) is 37.2 Å². The van der Waals surface area contributed by atoms with Crippen LogP contribution in [0.4, 0.5) is 0 Å². The number of fused-ring (bicyclic) bond motifs is 1. The number of hydrogen-bond donors (Lipinski definition) is 3. The van der Waals surface area contributed by atoms with Gasteiger partial charge in [-0.25, -0.2) is 5.48 Å². The van der Waals surface area contributed by atoms with Crippen LogP contribution >= 0.6 is 0 Å². The van der Waals surface area contributed by atoms with Crippen LogP contribution in [0.25, 0.3) is 10.9 Å². The van der Waals surface area contributed by atoms with E-state index in [1.165, 1.54) is 0 Å². The third-order valence-corrected chi connectivity index (χ3v) is 6.45. The predicted molar refractivity (Wildman–Crippen MR) is 151 cm³/mol. The van der Waals surface area contributed by atoms with E-state index in [0.717, 1.165) is 22.0 Å². The minimum Gasteiger partial charge on any atom is -0.361 e. The first kappa shape index (κ1) is 29.8. The molecule has 0 fully saturated rings. The van der Waals surface area contributed by atoms with Crippen molar-refractivity contribution >= 4 is 34.3 Å². The number of H-pyrrole nitrogens is 1. The molecule has 0 aliphatic rings. The Morgan fingerprint density at radius 3 is 2.36 bits per heavy atom. The van der Waals surface area contributed by atoms with Gasteiger partial charge in [0, 0.05) is 42.8 Å². The molecule has 208 valence electrons. The van der Waals surface area contributed by atoms with E-state index < -0.39 is 29.4 Å². The van der Waals surface area contributed by atoms with E-state index in [1.807, 2.05) is 60.8 Å².